The van der Waals surface area contributed by atoms with Gasteiger partial charge in [0.05, 0.1) is 12.8 Å². The van der Waals surface area contributed by atoms with E-state index in [9.17, 15) is 4.79 Å². The molecule has 4 rings (SSSR count). The molecule has 0 spiro atoms. The Labute approximate surface area is 159 Å². The topological polar surface area (TPSA) is 111 Å². The van der Waals surface area contributed by atoms with E-state index in [0.29, 0.717) is 40.9 Å². The summed E-state index contributed by atoms with van der Waals surface area (Å²) in [6.45, 7) is 3.04. The van der Waals surface area contributed by atoms with Crippen molar-refractivity contribution in [1.29, 1.82) is 0 Å². The zero-order valence-corrected chi connectivity index (χ0v) is 15.3. The van der Waals surface area contributed by atoms with E-state index >= 15 is 4.39 Å². The minimum Gasteiger partial charge on any atom is -0.474 e. The van der Waals surface area contributed by atoms with Crippen LogP contribution in [0.4, 0.5) is 26.4 Å². The smallest absolute Gasteiger partial charge is 0.412 e. The van der Waals surface area contributed by atoms with Gasteiger partial charge in [-0.1, -0.05) is 0 Å². The van der Waals surface area contributed by atoms with Gasteiger partial charge in [0.25, 0.3) is 0 Å². The standard InChI is InChI=1S/C19H18FN5O3/c1-9-12(7-24-18-17(9)22-3-4-28-18)11-5-10-6-14(25-19(26)27-2)23-8-13(10)16(21)15(11)20/h5-8,22H,3-4,21H2,1-2H3,(H,23,25,26). The van der Waals surface area contributed by atoms with Crippen molar-refractivity contribution in [3.8, 4) is 17.0 Å². The summed E-state index contributed by atoms with van der Waals surface area (Å²) >= 11 is 0. The molecule has 0 unspecified atom stereocenters. The molecule has 144 valence electrons. The average Bonchev–Trinajstić information content (AvgIpc) is 2.71. The number of rotatable bonds is 2. The maximum Gasteiger partial charge on any atom is 0.412 e. The molecular formula is C19H18FN5O3. The number of nitrogens with two attached hydrogens (primary N) is 1. The molecule has 1 aliphatic rings. The van der Waals surface area contributed by atoms with Gasteiger partial charge in [0.2, 0.25) is 5.88 Å². The number of aromatic nitrogens is 2. The first-order valence-corrected chi connectivity index (χ1v) is 8.59. The third-order valence-corrected chi connectivity index (χ3v) is 4.65. The van der Waals surface area contributed by atoms with Crippen LogP contribution in [-0.4, -0.2) is 36.3 Å². The summed E-state index contributed by atoms with van der Waals surface area (Å²) in [5.41, 5.74) is 8.47. The summed E-state index contributed by atoms with van der Waals surface area (Å²) in [5, 5.41) is 6.79. The molecule has 0 radical (unpaired) electrons. The van der Waals surface area contributed by atoms with Crippen molar-refractivity contribution in [2.75, 3.05) is 36.6 Å². The molecule has 3 heterocycles. The van der Waals surface area contributed by atoms with Crippen LogP contribution in [0.15, 0.2) is 24.5 Å². The molecule has 28 heavy (non-hydrogen) atoms. The minimum absolute atomic E-state index is 0.0223. The molecule has 0 fully saturated rings. The fourth-order valence-electron chi connectivity index (χ4n) is 3.21. The van der Waals surface area contributed by atoms with Crippen LogP contribution in [0.5, 0.6) is 5.88 Å². The van der Waals surface area contributed by atoms with Gasteiger partial charge in [-0.05, 0) is 30.0 Å². The predicted molar refractivity (Wildman–Crippen MR) is 104 cm³/mol. The molecule has 0 atom stereocenters. The van der Waals surface area contributed by atoms with E-state index in [1.54, 1.807) is 18.3 Å². The lowest BCUT2D eigenvalue weighted by Gasteiger charge is -2.22. The monoisotopic (exact) mass is 383 g/mol. The van der Waals surface area contributed by atoms with Gasteiger partial charge in [0, 0.05) is 35.5 Å². The van der Waals surface area contributed by atoms with Crippen molar-refractivity contribution < 1.29 is 18.7 Å². The van der Waals surface area contributed by atoms with Crippen LogP contribution in [0.3, 0.4) is 0 Å². The van der Waals surface area contributed by atoms with Crippen LogP contribution in [0.25, 0.3) is 21.9 Å². The highest BCUT2D eigenvalue weighted by Crippen LogP contribution is 2.39. The number of anilines is 3. The molecule has 2 aromatic heterocycles. The van der Waals surface area contributed by atoms with Crippen LogP contribution in [0, 0.1) is 12.7 Å². The van der Waals surface area contributed by atoms with Crippen molar-refractivity contribution in [2.45, 2.75) is 6.92 Å². The number of nitrogens with zero attached hydrogens (tertiary/aromatic N) is 2. The van der Waals surface area contributed by atoms with E-state index < -0.39 is 11.9 Å². The zero-order valence-electron chi connectivity index (χ0n) is 15.3. The summed E-state index contributed by atoms with van der Waals surface area (Å²) in [7, 11) is 1.26. The average molecular weight is 383 g/mol. The number of fused-ring (bicyclic) bond motifs is 2. The quantitative estimate of drug-likeness (QED) is 0.582. The number of nitrogens with one attached hydrogen (secondary N) is 2. The number of benzene rings is 1. The Morgan fingerprint density at radius 3 is 2.93 bits per heavy atom. The van der Waals surface area contributed by atoms with Crippen LogP contribution in [-0.2, 0) is 4.74 Å². The molecule has 1 amide bonds. The number of methoxy groups -OCH3 is 1. The van der Waals surface area contributed by atoms with E-state index in [2.05, 4.69) is 25.3 Å². The van der Waals surface area contributed by atoms with Crippen LogP contribution in [0.1, 0.15) is 5.56 Å². The third-order valence-electron chi connectivity index (χ3n) is 4.65. The van der Waals surface area contributed by atoms with Crippen molar-refractivity contribution in [1.82, 2.24) is 9.97 Å². The van der Waals surface area contributed by atoms with E-state index in [1.807, 2.05) is 6.92 Å². The highest BCUT2D eigenvalue weighted by Gasteiger charge is 2.21. The fourth-order valence-corrected chi connectivity index (χ4v) is 3.21. The van der Waals surface area contributed by atoms with E-state index in [-0.39, 0.29) is 11.5 Å². The molecule has 8 nitrogen and oxygen atoms in total. The molecule has 1 aromatic carbocycles. The van der Waals surface area contributed by atoms with Gasteiger partial charge in [-0.3, -0.25) is 5.32 Å². The number of hydrogen-bond donors (Lipinski definition) is 3. The Bertz CT molecular complexity index is 1100. The second-order valence-electron chi connectivity index (χ2n) is 6.31. The van der Waals surface area contributed by atoms with Gasteiger partial charge >= 0.3 is 6.09 Å². The Morgan fingerprint density at radius 1 is 1.32 bits per heavy atom. The van der Waals surface area contributed by atoms with Crippen molar-refractivity contribution in [3.63, 3.8) is 0 Å². The molecule has 1 aliphatic heterocycles. The molecule has 9 heteroatoms. The third kappa shape index (κ3) is 2.90. The Kier molecular flexibility index (Phi) is 4.34. The number of nitrogen functional groups attached to an aromatic ring is 1. The second-order valence-corrected chi connectivity index (χ2v) is 6.31. The van der Waals surface area contributed by atoms with Gasteiger partial charge in [-0.25, -0.2) is 19.2 Å². The van der Waals surface area contributed by atoms with Crippen molar-refractivity contribution >= 4 is 34.1 Å². The van der Waals surface area contributed by atoms with Crippen molar-refractivity contribution in [3.05, 3.63) is 35.9 Å². The molecule has 0 saturated heterocycles. The molecule has 4 N–H and O–H groups in total. The maximum atomic E-state index is 15.1. The van der Waals surface area contributed by atoms with Crippen LogP contribution >= 0.6 is 0 Å². The Morgan fingerprint density at radius 2 is 2.14 bits per heavy atom. The van der Waals surface area contributed by atoms with E-state index in [4.69, 9.17) is 10.5 Å². The van der Waals surface area contributed by atoms with Gasteiger partial charge in [0.1, 0.15) is 18.1 Å². The fraction of sp³-hybridized carbons (Fsp3) is 0.211. The number of amides is 1. The SMILES string of the molecule is COC(=O)Nc1cc2cc(-c3cnc4c(c3C)NCCO4)c(F)c(N)c2cn1. The summed E-state index contributed by atoms with van der Waals surface area (Å²) < 4.78 is 25.2. The number of pyridine rings is 2. The second kappa shape index (κ2) is 6.84. The number of hydrogen-bond acceptors (Lipinski definition) is 7. The maximum absolute atomic E-state index is 15.1. The molecule has 0 bridgehead atoms. The van der Waals surface area contributed by atoms with E-state index in [0.717, 1.165) is 11.3 Å². The predicted octanol–water partition coefficient (Wildman–Crippen LogP) is 3.31. The largest absolute Gasteiger partial charge is 0.474 e. The van der Waals surface area contributed by atoms with Crippen molar-refractivity contribution in [2.24, 2.45) is 0 Å². The summed E-state index contributed by atoms with van der Waals surface area (Å²) in [6, 6.07) is 3.26. The first-order valence-electron chi connectivity index (χ1n) is 8.59. The number of carbonyl (C=O) groups excluding carboxylic acids is 1. The summed E-state index contributed by atoms with van der Waals surface area (Å²) in [5.74, 6) is 0.214. The Balaban J connectivity index is 1.87. The first-order chi connectivity index (χ1) is 13.5. The normalized spacial score (nSPS) is 12.7. The highest BCUT2D eigenvalue weighted by atomic mass is 19.1. The van der Waals surface area contributed by atoms with Gasteiger partial charge in [-0.2, -0.15) is 0 Å². The molecule has 0 aliphatic carbocycles. The van der Waals surface area contributed by atoms with Gasteiger partial charge < -0.3 is 20.5 Å². The number of ether oxygens (including phenoxy) is 2. The highest BCUT2D eigenvalue weighted by molar-refractivity contribution is 5.99. The summed E-state index contributed by atoms with van der Waals surface area (Å²) in [6.07, 6.45) is 2.33. The first kappa shape index (κ1) is 17.8. The van der Waals surface area contributed by atoms with E-state index in [1.165, 1.54) is 13.3 Å². The minimum atomic E-state index is -0.650. The van der Waals surface area contributed by atoms with Crippen LogP contribution < -0.4 is 21.1 Å². The van der Waals surface area contributed by atoms with Gasteiger partial charge in [-0.15, -0.1) is 0 Å². The zero-order chi connectivity index (χ0) is 19.8. The lowest BCUT2D eigenvalue weighted by Crippen LogP contribution is -2.20. The lowest BCUT2D eigenvalue weighted by molar-refractivity contribution is 0.187. The molecule has 3 aromatic rings. The molecule has 0 saturated carbocycles. The number of carbonyl (C=O) groups is 1. The summed E-state index contributed by atoms with van der Waals surface area (Å²) in [4.78, 5) is 19.8. The number of halogens is 1. The van der Waals surface area contributed by atoms with Gasteiger partial charge in [0.15, 0.2) is 5.82 Å². The Hall–Kier alpha value is -3.62. The lowest BCUT2D eigenvalue weighted by atomic mass is 9.97. The molecular weight excluding hydrogens is 365 g/mol. The van der Waals surface area contributed by atoms with Crippen LogP contribution in [0.2, 0.25) is 0 Å².